The molecule has 0 unspecified atom stereocenters. The number of carbonyl (C=O) groups excluding carboxylic acids is 1. The van der Waals surface area contributed by atoms with Gasteiger partial charge in [-0.15, -0.1) is 28.1 Å². The number of thioether (sulfide) groups is 1. The fourth-order valence-electron chi connectivity index (χ4n) is 3.08. The molecule has 7 nitrogen and oxygen atoms in total. The van der Waals surface area contributed by atoms with Crippen LogP contribution in [0.1, 0.15) is 11.4 Å². The minimum atomic E-state index is -0.190. The second kappa shape index (κ2) is 11.7. The average Bonchev–Trinajstić information content (AvgIpc) is 3.46. The third-order valence-corrected chi connectivity index (χ3v) is 7.06. The van der Waals surface area contributed by atoms with Crippen LogP contribution in [-0.2, 0) is 17.9 Å². The van der Waals surface area contributed by atoms with E-state index >= 15 is 0 Å². The van der Waals surface area contributed by atoms with Crippen LogP contribution in [0, 0.1) is 6.92 Å². The van der Waals surface area contributed by atoms with Crippen molar-refractivity contribution in [2.24, 2.45) is 0 Å². The first-order valence-electron chi connectivity index (χ1n) is 10.5. The number of halogens is 2. The van der Waals surface area contributed by atoms with E-state index < -0.39 is 0 Å². The number of anilines is 1. The number of rotatable bonds is 10. The Morgan fingerprint density at radius 2 is 2.03 bits per heavy atom. The molecule has 11 heteroatoms. The van der Waals surface area contributed by atoms with Gasteiger partial charge in [0.1, 0.15) is 12.4 Å². The summed E-state index contributed by atoms with van der Waals surface area (Å²) in [7, 11) is 0. The highest BCUT2D eigenvalue weighted by Crippen LogP contribution is 2.28. The number of amides is 1. The van der Waals surface area contributed by atoms with Crippen LogP contribution in [0.5, 0.6) is 5.75 Å². The Bertz CT molecular complexity index is 1340. The zero-order valence-corrected chi connectivity index (χ0v) is 21.8. The summed E-state index contributed by atoms with van der Waals surface area (Å²) in [6.07, 6.45) is 1.74. The highest BCUT2D eigenvalue weighted by molar-refractivity contribution is 7.99. The van der Waals surface area contributed by atoms with Gasteiger partial charge in [0.25, 0.3) is 0 Å². The van der Waals surface area contributed by atoms with Crippen LogP contribution in [0.3, 0.4) is 0 Å². The summed E-state index contributed by atoms with van der Waals surface area (Å²) in [6.45, 7) is 6.43. The molecule has 0 fully saturated rings. The van der Waals surface area contributed by atoms with Gasteiger partial charge in [0, 0.05) is 22.5 Å². The smallest absolute Gasteiger partial charge is 0.236 e. The van der Waals surface area contributed by atoms with Gasteiger partial charge in [0.05, 0.1) is 16.5 Å². The summed E-state index contributed by atoms with van der Waals surface area (Å²) in [4.78, 5) is 17.0. The van der Waals surface area contributed by atoms with E-state index in [4.69, 9.17) is 27.9 Å². The molecular formula is C24H21Cl2N5O2S2. The van der Waals surface area contributed by atoms with Crippen LogP contribution in [0.2, 0.25) is 10.0 Å². The lowest BCUT2D eigenvalue weighted by molar-refractivity contribution is -0.113. The van der Waals surface area contributed by atoms with Gasteiger partial charge in [0.2, 0.25) is 5.91 Å². The third-order valence-electron chi connectivity index (χ3n) is 4.77. The third kappa shape index (κ3) is 6.64. The van der Waals surface area contributed by atoms with Gasteiger partial charge >= 0.3 is 0 Å². The minimum Gasteiger partial charge on any atom is -0.484 e. The minimum absolute atomic E-state index is 0.149. The number of nitrogens with one attached hydrogen (secondary N) is 1. The Morgan fingerprint density at radius 3 is 2.80 bits per heavy atom. The molecule has 4 aromatic rings. The van der Waals surface area contributed by atoms with Crippen molar-refractivity contribution < 1.29 is 9.53 Å². The molecule has 1 amide bonds. The molecule has 2 aromatic heterocycles. The first kappa shape index (κ1) is 25.2. The van der Waals surface area contributed by atoms with Crippen molar-refractivity contribution in [3.05, 3.63) is 81.9 Å². The lowest BCUT2D eigenvalue weighted by Gasteiger charge is -2.10. The van der Waals surface area contributed by atoms with E-state index in [9.17, 15) is 4.79 Å². The lowest BCUT2D eigenvalue weighted by atomic mass is 10.2. The molecule has 4 rings (SSSR count). The maximum atomic E-state index is 12.5. The Kier molecular flexibility index (Phi) is 8.46. The SMILES string of the molecule is C=CCn1c(COc2cc(C)ccc2Cl)nnc1SCC(=O)Nc1nc(-c2ccc(Cl)cc2)cs1. The van der Waals surface area contributed by atoms with Crippen LogP contribution < -0.4 is 10.1 Å². The number of aryl methyl sites for hydroxylation is 1. The predicted molar refractivity (Wildman–Crippen MR) is 143 cm³/mol. The van der Waals surface area contributed by atoms with Gasteiger partial charge in [-0.25, -0.2) is 4.98 Å². The van der Waals surface area contributed by atoms with Crippen molar-refractivity contribution in [2.45, 2.75) is 25.2 Å². The molecule has 1 N–H and O–H groups in total. The van der Waals surface area contributed by atoms with E-state index in [0.717, 1.165) is 16.8 Å². The zero-order chi connectivity index (χ0) is 24.8. The first-order chi connectivity index (χ1) is 16.9. The summed E-state index contributed by atoms with van der Waals surface area (Å²) < 4.78 is 7.72. The Balaban J connectivity index is 1.36. The molecule has 35 heavy (non-hydrogen) atoms. The summed E-state index contributed by atoms with van der Waals surface area (Å²) in [6, 6.07) is 13.0. The van der Waals surface area contributed by atoms with Gasteiger partial charge in [0.15, 0.2) is 16.1 Å². The summed E-state index contributed by atoms with van der Waals surface area (Å²) >= 11 is 14.8. The standard InChI is InChI=1S/C24H21Cl2N5O2S2/c1-3-10-31-21(12-33-20-11-15(2)4-9-18(20)26)29-30-24(31)35-14-22(32)28-23-27-19(13-34-23)16-5-7-17(25)8-6-16/h3-9,11,13H,1,10,12,14H2,2H3,(H,27,28,32). The number of hydrogen-bond donors (Lipinski definition) is 1. The number of allylic oxidation sites excluding steroid dienone is 1. The summed E-state index contributed by atoms with van der Waals surface area (Å²) in [5.74, 6) is 1.15. The van der Waals surface area contributed by atoms with Crippen molar-refractivity contribution in [1.29, 1.82) is 0 Å². The van der Waals surface area contributed by atoms with Gasteiger partial charge in [-0.1, -0.05) is 59.2 Å². The summed E-state index contributed by atoms with van der Waals surface area (Å²) in [5.41, 5.74) is 2.75. The Morgan fingerprint density at radius 1 is 1.23 bits per heavy atom. The normalized spacial score (nSPS) is 10.8. The molecule has 0 saturated heterocycles. The van der Waals surface area contributed by atoms with Gasteiger partial charge in [-0.3, -0.25) is 9.36 Å². The number of thiazole rings is 1. The zero-order valence-electron chi connectivity index (χ0n) is 18.7. The highest BCUT2D eigenvalue weighted by Gasteiger charge is 2.16. The molecular weight excluding hydrogens is 525 g/mol. The van der Waals surface area contributed by atoms with Crippen molar-refractivity contribution in [3.8, 4) is 17.0 Å². The number of ether oxygens (including phenoxy) is 1. The number of hydrogen-bond acceptors (Lipinski definition) is 7. The quantitative estimate of drug-likeness (QED) is 0.180. The summed E-state index contributed by atoms with van der Waals surface area (Å²) in [5, 5.41) is 15.5. The van der Waals surface area contributed by atoms with E-state index in [1.54, 1.807) is 24.3 Å². The van der Waals surface area contributed by atoms with Crippen molar-refractivity contribution in [3.63, 3.8) is 0 Å². The predicted octanol–water partition coefficient (Wildman–Crippen LogP) is 6.51. The van der Waals surface area contributed by atoms with Gasteiger partial charge < -0.3 is 10.1 Å². The molecule has 0 aliphatic rings. The highest BCUT2D eigenvalue weighted by atomic mass is 35.5. The van der Waals surface area contributed by atoms with E-state index in [1.165, 1.54) is 23.1 Å². The molecule has 0 saturated carbocycles. The molecule has 0 atom stereocenters. The molecule has 2 aromatic carbocycles. The van der Waals surface area contributed by atoms with Crippen LogP contribution in [-0.4, -0.2) is 31.4 Å². The second-order valence-corrected chi connectivity index (χ2v) is 10.0. The van der Waals surface area contributed by atoms with Crippen molar-refractivity contribution in [1.82, 2.24) is 19.7 Å². The number of aromatic nitrogens is 4. The number of benzene rings is 2. The van der Waals surface area contributed by atoms with Crippen LogP contribution in [0.15, 0.2) is 65.7 Å². The van der Waals surface area contributed by atoms with Crippen LogP contribution in [0.4, 0.5) is 5.13 Å². The van der Waals surface area contributed by atoms with Crippen molar-refractivity contribution in [2.75, 3.05) is 11.1 Å². The van der Waals surface area contributed by atoms with Crippen molar-refractivity contribution >= 4 is 57.3 Å². The van der Waals surface area contributed by atoms with Crippen LogP contribution >= 0.6 is 46.3 Å². The molecule has 180 valence electrons. The molecule has 0 aliphatic heterocycles. The van der Waals surface area contributed by atoms with E-state index in [1.807, 2.05) is 41.1 Å². The molecule has 0 aliphatic carbocycles. The van der Waals surface area contributed by atoms with Gasteiger partial charge in [-0.05, 0) is 36.8 Å². The fourth-order valence-corrected chi connectivity index (χ4v) is 4.88. The first-order valence-corrected chi connectivity index (χ1v) is 13.1. The second-order valence-electron chi connectivity index (χ2n) is 7.40. The molecule has 2 heterocycles. The monoisotopic (exact) mass is 545 g/mol. The number of carbonyl (C=O) groups is 1. The Hall–Kier alpha value is -2.85. The maximum absolute atomic E-state index is 12.5. The fraction of sp³-hybridized carbons (Fsp3) is 0.167. The number of nitrogens with zero attached hydrogens (tertiary/aromatic N) is 4. The van der Waals surface area contributed by atoms with E-state index in [0.29, 0.717) is 38.5 Å². The Labute approximate surface area is 221 Å². The maximum Gasteiger partial charge on any atom is 0.236 e. The van der Waals surface area contributed by atoms with E-state index in [-0.39, 0.29) is 18.3 Å². The van der Waals surface area contributed by atoms with Crippen LogP contribution in [0.25, 0.3) is 11.3 Å². The topological polar surface area (TPSA) is 81.9 Å². The molecule has 0 bridgehead atoms. The largest absolute Gasteiger partial charge is 0.484 e. The average molecular weight is 547 g/mol. The van der Waals surface area contributed by atoms with Gasteiger partial charge in [-0.2, -0.15) is 0 Å². The van der Waals surface area contributed by atoms with E-state index in [2.05, 4.69) is 27.1 Å². The molecule has 0 radical (unpaired) electrons. The molecule has 0 spiro atoms. The lowest BCUT2D eigenvalue weighted by Crippen LogP contribution is -2.15.